The van der Waals surface area contributed by atoms with Crippen molar-refractivity contribution in [2.75, 3.05) is 0 Å². The van der Waals surface area contributed by atoms with E-state index in [4.69, 9.17) is 11.6 Å². The first-order valence-electron chi connectivity index (χ1n) is 6.17. The van der Waals surface area contributed by atoms with E-state index < -0.39 is 0 Å². The second-order valence-electron chi connectivity index (χ2n) is 4.79. The number of carbonyl (C=O) groups is 1. The monoisotopic (exact) mass is 251 g/mol. The molecule has 0 aromatic heterocycles. The van der Waals surface area contributed by atoms with Crippen LogP contribution in [0, 0.1) is 6.92 Å². The summed E-state index contributed by atoms with van der Waals surface area (Å²) in [6, 6.07) is 7.98. The molecule has 1 saturated carbocycles. The van der Waals surface area contributed by atoms with Gasteiger partial charge in [0.05, 0.1) is 0 Å². The second kappa shape index (κ2) is 5.54. The molecule has 0 bridgehead atoms. The van der Waals surface area contributed by atoms with Crippen molar-refractivity contribution in [2.45, 2.75) is 44.0 Å². The molecule has 1 aromatic carbocycles. The number of nitrogens with one attached hydrogen (secondary N) is 1. The van der Waals surface area contributed by atoms with E-state index in [0.29, 0.717) is 5.38 Å². The number of amides is 1. The topological polar surface area (TPSA) is 29.1 Å². The van der Waals surface area contributed by atoms with Gasteiger partial charge in [-0.15, -0.1) is 11.6 Å². The van der Waals surface area contributed by atoms with Gasteiger partial charge in [-0.25, -0.2) is 0 Å². The van der Waals surface area contributed by atoms with Crippen LogP contribution in [0.1, 0.15) is 41.6 Å². The summed E-state index contributed by atoms with van der Waals surface area (Å²) in [4.78, 5) is 12.0. The Hall–Kier alpha value is -1.02. The highest BCUT2D eigenvalue weighted by molar-refractivity contribution is 6.20. The van der Waals surface area contributed by atoms with E-state index in [2.05, 4.69) is 5.32 Å². The summed E-state index contributed by atoms with van der Waals surface area (Å²) in [5.74, 6) is 0.0340. The lowest BCUT2D eigenvalue weighted by Crippen LogP contribution is -2.37. The van der Waals surface area contributed by atoms with Gasteiger partial charge in [-0.05, 0) is 44.7 Å². The number of carbonyl (C=O) groups excluding carboxylic acids is 1. The molecule has 0 spiro atoms. The van der Waals surface area contributed by atoms with Crippen LogP contribution in [0.15, 0.2) is 24.3 Å². The van der Waals surface area contributed by atoms with Gasteiger partial charge in [-0.3, -0.25) is 4.79 Å². The molecule has 1 aromatic rings. The number of hydrogen-bond donors (Lipinski definition) is 1. The Kier molecular flexibility index (Phi) is 4.06. The van der Waals surface area contributed by atoms with Crippen LogP contribution in [-0.2, 0) is 0 Å². The molecular weight excluding hydrogens is 234 g/mol. The van der Waals surface area contributed by atoms with Crippen LogP contribution >= 0.6 is 11.6 Å². The highest BCUT2D eigenvalue weighted by Crippen LogP contribution is 2.23. The lowest BCUT2D eigenvalue weighted by Gasteiger charge is -2.25. The predicted molar refractivity (Wildman–Crippen MR) is 70.5 cm³/mol. The quantitative estimate of drug-likeness (QED) is 0.803. The van der Waals surface area contributed by atoms with Crippen LogP contribution in [0.3, 0.4) is 0 Å². The first kappa shape index (κ1) is 12.4. The zero-order valence-electron chi connectivity index (χ0n) is 10.1. The molecule has 2 nitrogen and oxygen atoms in total. The molecule has 1 aliphatic rings. The van der Waals surface area contributed by atoms with E-state index in [-0.39, 0.29) is 11.9 Å². The third-order valence-corrected chi connectivity index (χ3v) is 3.71. The zero-order valence-corrected chi connectivity index (χ0v) is 10.8. The smallest absolute Gasteiger partial charge is 0.251 e. The minimum Gasteiger partial charge on any atom is -0.349 e. The van der Waals surface area contributed by atoms with E-state index in [0.717, 1.165) is 36.8 Å². The molecule has 0 atom stereocenters. The van der Waals surface area contributed by atoms with Crippen molar-refractivity contribution in [2.24, 2.45) is 0 Å². The van der Waals surface area contributed by atoms with Crippen LogP contribution in [0.5, 0.6) is 0 Å². The van der Waals surface area contributed by atoms with E-state index >= 15 is 0 Å². The van der Waals surface area contributed by atoms with Gasteiger partial charge in [0.2, 0.25) is 0 Å². The standard InChI is InChI=1S/C14H18ClNO/c1-10-3-2-4-11(9-10)14(17)16-13-7-5-12(15)6-8-13/h2-4,9,12-13H,5-8H2,1H3,(H,16,17). The maximum absolute atomic E-state index is 12.0. The number of aryl methyl sites for hydroxylation is 1. The summed E-state index contributed by atoms with van der Waals surface area (Å²) in [5, 5.41) is 3.38. The molecule has 92 valence electrons. The Labute approximate surface area is 107 Å². The summed E-state index contributed by atoms with van der Waals surface area (Å²) in [6.07, 6.45) is 3.98. The van der Waals surface area contributed by atoms with Crippen LogP contribution < -0.4 is 5.32 Å². The van der Waals surface area contributed by atoms with Gasteiger partial charge in [-0.1, -0.05) is 17.7 Å². The van der Waals surface area contributed by atoms with E-state index in [1.165, 1.54) is 0 Å². The molecular formula is C14H18ClNO. The number of alkyl halides is 1. The van der Waals surface area contributed by atoms with Crippen molar-refractivity contribution >= 4 is 17.5 Å². The number of halogens is 1. The molecule has 1 amide bonds. The summed E-state index contributed by atoms with van der Waals surface area (Å²) >= 11 is 6.04. The van der Waals surface area contributed by atoms with Gasteiger partial charge >= 0.3 is 0 Å². The average Bonchev–Trinajstić information content (AvgIpc) is 2.32. The maximum atomic E-state index is 12.0. The van der Waals surface area contributed by atoms with Gasteiger partial charge < -0.3 is 5.32 Å². The Morgan fingerprint density at radius 3 is 2.65 bits per heavy atom. The van der Waals surface area contributed by atoms with Gasteiger partial charge in [0, 0.05) is 17.0 Å². The normalized spacial score (nSPS) is 24.4. The first-order chi connectivity index (χ1) is 8.15. The Balaban J connectivity index is 1.93. The Bertz CT molecular complexity index is 397. The number of hydrogen-bond acceptors (Lipinski definition) is 1. The minimum absolute atomic E-state index is 0.0340. The fraction of sp³-hybridized carbons (Fsp3) is 0.500. The van der Waals surface area contributed by atoms with Crippen molar-refractivity contribution in [1.82, 2.24) is 5.32 Å². The number of rotatable bonds is 2. The Morgan fingerprint density at radius 2 is 2.00 bits per heavy atom. The van der Waals surface area contributed by atoms with Crippen molar-refractivity contribution in [1.29, 1.82) is 0 Å². The lowest BCUT2D eigenvalue weighted by molar-refractivity contribution is 0.0928. The largest absolute Gasteiger partial charge is 0.349 e. The highest BCUT2D eigenvalue weighted by Gasteiger charge is 2.21. The van der Waals surface area contributed by atoms with E-state index in [1.807, 2.05) is 31.2 Å². The van der Waals surface area contributed by atoms with Crippen molar-refractivity contribution in [3.63, 3.8) is 0 Å². The third-order valence-electron chi connectivity index (χ3n) is 3.27. The van der Waals surface area contributed by atoms with Crippen molar-refractivity contribution in [3.8, 4) is 0 Å². The summed E-state index contributed by atoms with van der Waals surface area (Å²) in [5.41, 5.74) is 1.86. The van der Waals surface area contributed by atoms with E-state index in [1.54, 1.807) is 0 Å². The molecule has 0 unspecified atom stereocenters. The summed E-state index contributed by atoms with van der Waals surface area (Å²) in [6.45, 7) is 2.00. The molecule has 0 radical (unpaired) electrons. The van der Waals surface area contributed by atoms with Gasteiger partial charge in [-0.2, -0.15) is 0 Å². The molecule has 1 fully saturated rings. The fourth-order valence-electron chi connectivity index (χ4n) is 2.25. The molecule has 1 N–H and O–H groups in total. The van der Waals surface area contributed by atoms with Crippen molar-refractivity contribution in [3.05, 3.63) is 35.4 Å². The third kappa shape index (κ3) is 3.47. The SMILES string of the molecule is Cc1cccc(C(=O)NC2CCC(Cl)CC2)c1. The molecule has 0 saturated heterocycles. The molecule has 3 heteroatoms. The first-order valence-corrected chi connectivity index (χ1v) is 6.60. The molecule has 0 aliphatic heterocycles. The molecule has 1 aliphatic carbocycles. The van der Waals surface area contributed by atoms with Crippen LogP contribution in [0.25, 0.3) is 0 Å². The van der Waals surface area contributed by atoms with Crippen LogP contribution in [0.2, 0.25) is 0 Å². The maximum Gasteiger partial charge on any atom is 0.251 e. The average molecular weight is 252 g/mol. The Morgan fingerprint density at radius 1 is 1.29 bits per heavy atom. The molecule has 0 heterocycles. The predicted octanol–water partition coefficient (Wildman–Crippen LogP) is 3.27. The molecule has 2 rings (SSSR count). The minimum atomic E-state index is 0.0340. The number of benzene rings is 1. The highest BCUT2D eigenvalue weighted by atomic mass is 35.5. The zero-order chi connectivity index (χ0) is 12.3. The van der Waals surface area contributed by atoms with Crippen LogP contribution in [-0.4, -0.2) is 17.3 Å². The van der Waals surface area contributed by atoms with Gasteiger partial charge in [0.15, 0.2) is 0 Å². The summed E-state index contributed by atoms with van der Waals surface area (Å²) in [7, 11) is 0. The van der Waals surface area contributed by atoms with Crippen molar-refractivity contribution < 1.29 is 4.79 Å². The lowest BCUT2D eigenvalue weighted by atomic mass is 9.95. The van der Waals surface area contributed by atoms with Gasteiger partial charge in [0.25, 0.3) is 5.91 Å². The van der Waals surface area contributed by atoms with Gasteiger partial charge in [0.1, 0.15) is 0 Å². The summed E-state index contributed by atoms with van der Waals surface area (Å²) < 4.78 is 0. The van der Waals surface area contributed by atoms with Crippen LogP contribution in [0.4, 0.5) is 0 Å². The fourth-order valence-corrected chi connectivity index (χ4v) is 2.50. The molecule has 17 heavy (non-hydrogen) atoms. The van der Waals surface area contributed by atoms with E-state index in [9.17, 15) is 4.79 Å². The second-order valence-corrected chi connectivity index (χ2v) is 5.41.